The molecular weight excluding hydrogens is 150 g/mol. The maximum atomic E-state index is 10.4. The third-order valence-electron chi connectivity index (χ3n) is 1.02. The summed E-state index contributed by atoms with van der Waals surface area (Å²) >= 11 is 0. The van der Waals surface area contributed by atoms with Crippen molar-refractivity contribution in [2.75, 3.05) is 13.6 Å². The van der Waals surface area contributed by atoms with Crippen LogP contribution in [0.5, 0.6) is 0 Å². The van der Waals surface area contributed by atoms with E-state index in [1.165, 1.54) is 0 Å². The lowest BCUT2D eigenvalue weighted by molar-refractivity contribution is -0.123. The maximum Gasteiger partial charge on any atom is 0.290 e. The van der Waals surface area contributed by atoms with Gasteiger partial charge in [-0.05, 0) is 0 Å². The number of nitrogens with zero attached hydrogens (tertiary/aromatic N) is 1. The average molecular weight is 159 g/mol. The number of hydrogen-bond acceptors (Lipinski definition) is 3. The van der Waals surface area contributed by atoms with Crippen LogP contribution in [0.4, 0.5) is 0 Å². The van der Waals surface area contributed by atoms with Crippen LogP contribution in [-0.2, 0) is 9.59 Å². The first-order valence-electron chi connectivity index (χ1n) is 2.79. The number of likely N-dealkylation sites (N-methyl/N-ethyl adjacent to an activating group) is 1. The minimum atomic E-state index is -0.250. The van der Waals surface area contributed by atoms with Crippen LogP contribution in [0.15, 0.2) is 0 Å². The molecule has 6 heteroatoms. The highest BCUT2D eigenvalue weighted by Gasteiger charge is 2.18. The van der Waals surface area contributed by atoms with E-state index in [-0.39, 0.29) is 18.3 Å². The van der Waals surface area contributed by atoms with E-state index in [2.05, 4.69) is 5.32 Å². The summed E-state index contributed by atoms with van der Waals surface area (Å²) in [5.41, 5.74) is 0. The van der Waals surface area contributed by atoms with Crippen molar-refractivity contribution < 1.29 is 14.7 Å². The molecule has 1 amide bonds. The largest absolute Gasteiger partial charge is 0.483 e. The Morgan fingerprint density at radius 1 is 1.82 bits per heavy atom. The van der Waals surface area contributed by atoms with E-state index >= 15 is 0 Å². The lowest BCUT2D eigenvalue weighted by Crippen LogP contribution is -2.25. The topological polar surface area (TPSA) is 93.5 Å². The van der Waals surface area contributed by atoms with Gasteiger partial charge in [-0.15, -0.1) is 0 Å². The van der Waals surface area contributed by atoms with E-state index in [4.69, 9.17) is 15.3 Å². The summed E-state index contributed by atoms with van der Waals surface area (Å²) < 4.78 is 0. The summed E-state index contributed by atoms with van der Waals surface area (Å²) in [7, 11) is 1.69. The number of carboxylic acid groups (broad SMARTS) is 1. The van der Waals surface area contributed by atoms with E-state index in [0.717, 1.165) is 0 Å². The number of carbonyl (C=O) groups excluding carboxylic acids is 1. The monoisotopic (exact) mass is 159 g/mol. The highest BCUT2D eigenvalue weighted by molar-refractivity contribution is 6.02. The van der Waals surface area contributed by atoms with Gasteiger partial charge in [0.2, 0.25) is 5.91 Å². The number of rotatable bonds is 0. The molecule has 1 aliphatic heterocycles. The van der Waals surface area contributed by atoms with E-state index in [9.17, 15) is 4.79 Å². The first-order valence-corrected chi connectivity index (χ1v) is 2.79. The zero-order valence-corrected chi connectivity index (χ0v) is 6.00. The summed E-state index contributed by atoms with van der Waals surface area (Å²) in [4.78, 5) is 20.3. The van der Waals surface area contributed by atoms with Crippen LogP contribution in [0, 0.1) is 5.41 Å². The van der Waals surface area contributed by atoms with Crippen LogP contribution in [0.25, 0.3) is 0 Å². The van der Waals surface area contributed by atoms with Crippen molar-refractivity contribution in [3.05, 3.63) is 0 Å². The number of hydrogen-bond donors (Lipinski definition) is 3. The fraction of sp³-hybridized carbons (Fsp3) is 0.400. The van der Waals surface area contributed by atoms with E-state index in [1.807, 2.05) is 0 Å². The predicted octanol–water partition coefficient (Wildman–Crippen LogP) is -1.32. The molecule has 0 radical (unpaired) electrons. The molecule has 1 saturated heterocycles. The van der Waals surface area contributed by atoms with Gasteiger partial charge in [0.25, 0.3) is 6.47 Å². The molecule has 0 bridgehead atoms. The molecule has 1 rings (SSSR count). The molecule has 3 N–H and O–H groups in total. The lowest BCUT2D eigenvalue weighted by atomic mass is 10.6. The maximum absolute atomic E-state index is 10.4. The average Bonchev–Trinajstić information content (AvgIpc) is 2.12. The molecule has 0 aromatic carbocycles. The number of guanidine groups is 1. The molecule has 1 heterocycles. The normalized spacial score (nSPS) is 15.2. The minimum Gasteiger partial charge on any atom is -0.483 e. The summed E-state index contributed by atoms with van der Waals surface area (Å²) in [5.74, 6) is 0.0903. The third kappa shape index (κ3) is 3.19. The van der Waals surface area contributed by atoms with Crippen LogP contribution < -0.4 is 5.32 Å². The fourth-order valence-corrected chi connectivity index (χ4v) is 0.561. The van der Waals surface area contributed by atoms with Crippen molar-refractivity contribution in [2.45, 2.75) is 0 Å². The molecule has 0 atom stereocenters. The van der Waals surface area contributed by atoms with Crippen molar-refractivity contribution in [1.29, 1.82) is 5.41 Å². The predicted molar refractivity (Wildman–Crippen MR) is 37.2 cm³/mol. The van der Waals surface area contributed by atoms with Crippen molar-refractivity contribution >= 4 is 18.3 Å². The van der Waals surface area contributed by atoms with Crippen molar-refractivity contribution in [1.82, 2.24) is 10.2 Å². The fourth-order valence-electron chi connectivity index (χ4n) is 0.561. The first kappa shape index (κ1) is 9.41. The lowest BCUT2D eigenvalue weighted by Gasteiger charge is -2.03. The van der Waals surface area contributed by atoms with Gasteiger partial charge < -0.3 is 10.0 Å². The van der Waals surface area contributed by atoms with Crippen LogP contribution in [-0.4, -0.2) is 41.9 Å². The quantitative estimate of drug-likeness (QED) is 0.382. The molecule has 6 nitrogen and oxygen atoms in total. The zero-order chi connectivity index (χ0) is 8.85. The number of nitrogens with one attached hydrogen (secondary N) is 2. The molecule has 0 aromatic rings. The van der Waals surface area contributed by atoms with Gasteiger partial charge in [0.15, 0.2) is 5.96 Å². The second kappa shape index (κ2) is 4.26. The molecule has 0 aliphatic carbocycles. The molecule has 1 fully saturated rings. The Balaban J connectivity index is 0.000000292. The Kier molecular flexibility index (Phi) is 3.65. The van der Waals surface area contributed by atoms with Gasteiger partial charge in [0.1, 0.15) is 0 Å². The minimum absolute atomic E-state index is 0.0995. The van der Waals surface area contributed by atoms with Gasteiger partial charge in [-0.3, -0.25) is 20.3 Å². The van der Waals surface area contributed by atoms with Gasteiger partial charge in [-0.1, -0.05) is 0 Å². The van der Waals surface area contributed by atoms with Gasteiger partial charge in [0.05, 0.1) is 6.54 Å². The molecule has 1 aliphatic rings. The second-order valence-electron chi connectivity index (χ2n) is 1.86. The highest BCUT2D eigenvalue weighted by atomic mass is 16.3. The molecule has 0 unspecified atom stereocenters. The molecular formula is C5H9N3O3. The Hall–Kier alpha value is -1.59. The van der Waals surface area contributed by atoms with E-state index in [0.29, 0.717) is 6.54 Å². The van der Waals surface area contributed by atoms with Crippen LogP contribution in [0.2, 0.25) is 0 Å². The van der Waals surface area contributed by atoms with E-state index in [1.54, 1.807) is 11.9 Å². The van der Waals surface area contributed by atoms with Gasteiger partial charge in [0, 0.05) is 7.05 Å². The third-order valence-corrected chi connectivity index (χ3v) is 1.02. The Bertz CT molecular complexity index is 180. The Morgan fingerprint density at radius 3 is 2.36 bits per heavy atom. The summed E-state index contributed by atoms with van der Waals surface area (Å²) in [6, 6.07) is 0. The van der Waals surface area contributed by atoms with Crippen LogP contribution >= 0.6 is 0 Å². The molecule has 0 aromatic heterocycles. The molecule has 0 spiro atoms. The number of amides is 1. The van der Waals surface area contributed by atoms with Gasteiger partial charge >= 0.3 is 0 Å². The molecule has 62 valence electrons. The van der Waals surface area contributed by atoms with Crippen LogP contribution in [0.3, 0.4) is 0 Å². The smallest absolute Gasteiger partial charge is 0.290 e. The van der Waals surface area contributed by atoms with E-state index < -0.39 is 0 Å². The SMILES string of the molecule is CN1CC(=O)NC1=N.O=CO. The summed E-state index contributed by atoms with van der Waals surface area (Å²) in [6.07, 6.45) is 0. The standard InChI is InChI=1S/C4H7N3O.CH2O2/c1-7-2-3(8)6-4(7)5;2-1-3/h2H2,1H3,(H2,5,6,8);1H,(H,2,3). The molecule has 0 saturated carbocycles. The first-order chi connectivity index (χ1) is 5.11. The van der Waals surface area contributed by atoms with Gasteiger partial charge in [-0.25, -0.2) is 0 Å². The zero-order valence-electron chi connectivity index (χ0n) is 6.00. The second-order valence-corrected chi connectivity index (χ2v) is 1.86. The van der Waals surface area contributed by atoms with Crippen molar-refractivity contribution in [3.8, 4) is 0 Å². The Morgan fingerprint density at radius 2 is 2.27 bits per heavy atom. The Labute approximate surface area is 63.3 Å². The summed E-state index contributed by atoms with van der Waals surface area (Å²) in [6.45, 7) is 0.0683. The number of carbonyl (C=O) groups is 2. The van der Waals surface area contributed by atoms with Crippen molar-refractivity contribution in [3.63, 3.8) is 0 Å². The van der Waals surface area contributed by atoms with Gasteiger partial charge in [-0.2, -0.15) is 0 Å². The summed E-state index contributed by atoms with van der Waals surface area (Å²) in [5, 5.41) is 16.2. The van der Waals surface area contributed by atoms with Crippen molar-refractivity contribution in [2.24, 2.45) is 0 Å². The molecule has 11 heavy (non-hydrogen) atoms. The highest BCUT2D eigenvalue weighted by Crippen LogP contribution is 1.89. The van der Waals surface area contributed by atoms with Crippen LogP contribution in [0.1, 0.15) is 0 Å².